The van der Waals surface area contributed by atoms with Crippen LogP contribution < -0.4 is 0 Å². The Labute approximate surface area is 127 Å². The van der Waals surface area contributed by atoms with Crippen LogP contribution in [0.2, 0.25) is 0 Å². The zero-order valence-electron chi connectivity index (χ0n) is 12.6. The quantitative estimate of drug-likeness (QED) is 0.780. The molecule has 21 heavy (non-hydrogen) atoms. The van der Waals surface area contributed by atoms with Crippen LogP contribution in [0.15, 0.2) is 30.3 Å². The Kier molecular flexibility index (Phi) is 6.68. The fraction of sp³-hybridized carbons (Fsp3) is 0.588. The van der Waals surface area contributed by atoms with Gasteiger partial charge in [-0.15, -0.1) is 0 Å². The van der Waals surface area contributed by atoms with Gasteiger partial charge in [0, 0.05) is 32.8 Å². The van der Waals surface area contributed by atoms with Gasteiger partial charge >= 0.3 is 0 Å². The van der Waals surface area contributed by atoms with Gasteiger partial charge < -0.3 is 10.0 Å². The van der Waals surface area contributed by atoms with E-state index in [2.05, 4.69) is 15.9 Å². The van der Waals surface area contributed by atoms with Crippen LogP contribution in [0.25, 0.3) is 0 Å². The molecular weight excluding hydrogens is 262 g/mol. The highest BCUT2D eigenvalue weighted by molar-refractivity contribution is 5.24. The summed E-state index contributed by atoms with van der Waals surface area (Å²) < 4.78 is 0. The molecule has 1 N–H and O–H groups in total. The van der Waals surface area contributed by atoms with Crippen molar-refractivity contribution in [1.82, 2.24) is 9.80 Å². The minimum atomic E-state index is -0.122. The molecule has 0 radical (unpaired) electrons. The first kappa shape index (κ1) is 16.0. The molecule has 1 unspecified atom stereocenters. The van der Waals surface area contributed by atoms with Crippen LogP contribution >= 0.6 is 0 Å². The molecule has 0 saturated carbocycles. The second-order valence-corrected chi connectivity index (χ2v) is 5.60. The summed E-state index contributed by atoms with van der Waals surface area (Å²) in [6.07, 6.45) is 3.16. The van der Waals surface area contributed by atoms with Gasteiger partial charge in [0.05, 0.1) is 6.07 Å². The van der Waals surface area contributed by atoms with Crippen molar-refractivity contribution >= 4 is 0 Å². The topological polar surface area (TPSA) is 50.5 Å². The molecule has 1 aliphatic rings. The van der Waals surface area contributed by atoms with E-state index in [1.165, 1.54) is 0 Å². The number of hydrogen-bond acceptors (Lipinski definition) is 4. The molecule has 0 bridgehead atoms. The minimum absolute atomic E-state index is 0.122. The highest BCUT2D eigenvalue weighted by atomic mass is 16.2. The first-order valence-corrected chi connectivity index (χ1v) is 7.87. The van der Waals surface area contributed by atoms with Gasteiger partial charge in [-0.1, -0.05) is 30.3 Å². The lowest BCUT2D eigenvalue weighted by Gasteiger charge is -2.37. The molecule has 1 heterocycles. The highest BCUT2D eigenvalue weighted by Gasteiger charge is 2.24. The Morgan fingerprint density at radius 1 is 1.05 bits per heavy atom. The van der Waals surface area contributed by atoms with E-state index in [4.69, 9.17) is 5.11 Å². The van der Waals surface area contributed by atoms with Crippen molar-refractivity contribution in [3.8, 4) is 6.07 Å². The predicted molar refractivity (Wildman–Crippen MR) is 83.7 cm³/mol. The molecule has 4 nitrogen and oxygen atoms in total. The van der Waals surface area contributed by atoms with Gasteiger partial charge in [0.1, 0.15) is 6.04 Å². The first-order chi connectivity index (χ1) is 10.3. The maximum Gasteiger partial charge on any atom is 0.123 e. The maximum absolute atomic E-state index is 9.47. The summed E-state index contributed by atoms with van der Waals surface area (Å²) in [5, 5.41) is 18.3. The Hall–Kier alpha value is -1.41. The molecule has 0 amide bonds. The maximum atomic E-state index is 9.47. The van der Waals surface area contributed by atoms with Crippen LogP contribution in [0.1, 0.15) is 30.9 Å². The average Bonchev–Trinajstić information content (AvgIpc) is 2.55. The average molecular weight is 287 g/mol. The van der Waals surface area contributed by atoms with Crippen LogP contribution in [0.3, 0.4) is 0 Å². The van der Waals surface area contributed by atoms with Gasteiger partial charge in [-0.25, -0.2) is 0 Å². The van der Waals surface area contributed by atoms with E-state index < -0.39 is 0 Å². The van der Waals surface area contributed by atoms with Crippen LogP contribution in [0.4, 0.5) is 0 Å². The van der Waals surface area contributed by atoms with E-state index in [1.54, 1.807) is 0 Å². The molecule has 114 valence electrons. The molecule has 1 saturated heterocycles. The van der Waals surface area contributed by atoms with Gasteiger partial charge in [0.25, 0.3) is 0 Å². The molecular formula is C17H25N3O. The summed E-state index contributed by atoms with van der Waals surface area (Å²) in [7, 11) is 0. The predicted octanol–water partition coefficient (Wildman–Crippen LogP) is 2.03. The van der Waals surface area contributed by atoms with Crippen LogP contribution in [-0.4, -0.2) is 54.2 Å². The fourth-order valence-electron chi connectivity index (χ4n) is 2.87. The number of rotatable bonds is 7. The molecule has 1 aromatic rings. The molecule has 0 spiro atoms. The van der Waals surface area contributed by atoms with E-state index in [-0.39, 0.29) is 6.04 Å². The van der Waals surface area contributed by atoms with Crippen molar-refractivity contribution in [2.75, 3.05) is 39.3 Å². The van der Waals surface area contributed by atoms with Crippen molar-refractivity contribution in [1.29, 1.82) is 5.26 Å². The third kappa shape index (κ3) is 4.82. The molecule has 2 rings (SSSR count). The number of hydrogen-bond donors (Lipinski definition) is 1. The van der Waals surface area contributed by atoms with Crippen molar-refractivity contribution in [3.05, 3.63) is 35.9 Å². The summed E-state index contributed by atoms with van der Waals surface area (Å²) in [4.78, 5) is 4.74. The van der Waals surface area contributed by atoms with E-state index in [0.717, 1.165) is 57.5 Å². The summed E-state index contributed by atoms with van der Waals surface area (Å²) >= 11 is 0. The van der Waals surface area contributed by atoms with Gasteiger partial charge in [0.2, 0.25) is 0 Å². The van der Waals surface area contributed by atoms with E-state index in [9.17, 15) is 5.26 Å². The van der Waals surface area contributed by atoms with E-state index in [1.807, 2.05) is 30.3 Å². The molecule has 1 aromatic carbocycles. The van der Waals surface area contributed by atoms with Crippen LogP contribution in [0, 0.1) is 11.3 Å². The van der Waals surface area contributed by atoms with Crippen molar-refractivity contribution in [2.24, 2.45) is 0 Å². The van der Waals surface area contributed by atoms with Crippen molar-refractivity contribution in [2.45, 2.75) is 25.3 Å². The van der Waals surface area contributed by atoms with Crippen molar-refractivity contribution < 1.29 is 5.11 Å². The fourth-order valence-corrected chi connectivity index (χ4v) is 2.87. The van der Waals surface area contributed by atoms with Crippen LogP contribution in [0.5, 0.6) is 0 Å². The third-order valence-corrected chi connectivity index (χ3v) is 4.14. The second kappa shape index (κ2) is 8.78. The largest absolute Gasteiger partial charge is 0.396 e. The lowest BCUT2D eigenvalue weighted by molar-refractivity contribution is 0.112. The second-order valence-electron chi connectivity index (χ2n) is 5.60. The number of benzene rings is 1. The van der Waals surface area contributed by atoms with E-state index >= 15 is 0 Å². The van der Waals surface area contributed by atoms with Gasteiger partial charge in [0.15, 0.2) is 0 Å². The summed E-state index contributed by atoms with van der Waals surface area (Å²) in [6, 6.07) is 12.4. The number of nitrogens with zero attached hydrogens (tertiary/aromatic N) is 3. The smallest absolute Gasteiger partial charge is 0.123 e. The summed E-state index contributed by atoms with van der Waals surface area (Å²) in [5.41, 5.74) is 1.09. The number of unbranched alkanes of at least 4 members (excludes halogenated alkanes) is 2. The molecule has 1 atom stereocenters. The molecule has 0 aromatic heterocycles. The highest BCUT2D eigenvalue weighted by Crippen LogP contribution is 2.21. The Morgan fingerprint density at radius 2 is 1.76 bits per heavy atom. The first-order valence-electron chi connectivity index (χ1n) is 7.87. The Morgan fingerprint density at radius 3 is 2.38 bits per heavy atom. The Bertz CT molecular complexity index is 435. The third-order valence-electron chi connectivity index (χ3n) is 4.14. The van der Waals surface area contributed by atoms with Gasteiger partial charge in [-0.2, -0.15) is 5.26 Å². The monoisotopic (exact) mass is 287 g/mol. The van der Waals surface area contributed by atoms with Gasteiger partial charge in [-0.3, -0.25) is 4.90 Å². The lowest BCUT2D eigenvalue weighted by atomic mass is 10.1. The number of nitriles is 1. The molecule has 4 heteroatoms. The summed E-state index contributed by atoms with van der Waals surface area (Å²) in [5.74, 6) is 0. The normalized spacial score (nSPS) is 18.3. The van der Waals surface area contributed by atoms with Crippen LogP contribution in [-0.2, 0) is 0 Å². The zero-order chi connectivity index (χ0) is 14.9. The standard InChI is InChI=1S/C17H25N3O/c18-15-17(16-7-3-1-4-8-16)20-12-10-19(11-13-20)9-5-2-6-14-21/h1,3-4,7-8,17,21H,2,5-6,9-14H2. The van der Waals surface area contributed by atoms with Gasteiger partial charge in [-0.05, 0) is 31.4 Å². The molecule has 1 aliphatic heterocycles. The number of aliphatic hydroxyl groups is 1. The zero-order valence-corrected chi connectivity index (χ0v) is 12.6. The Balaban J connectivity index is 1.79. The van der Waals surface area contributed by atoms with Crippen molar-refractivity contribution in [3.63, 3.8) is 0 Å². The van der Waals surface area contributed by atoms with E-state index in [0.29, 0.717) is 6.61 Å². The molecule has 0 aliphatic carbocycles. The lowest BCUT2D eigenvalue weighted by Crippen LogP contribution is -2.47. The summed E-state index contributed by atoms with van der Waals surface area (Å²) in [6.45, 7) is 5.37. The minimum Gasteiger partial charge on any atom is -0.396 e. The number of piperazine rings is 1. The SMILES string of the molecule is N#CC(c1ccccc1)N1CCN(CCCCCO)CC1. The number of aliphatic hydroxyl groups excluding tert-OH is 1. The molecule has 1 fully saturated rings.